The van der Waals surface area contributed by atoms with Crippen molar-refractivity contribution in [2.45, 2.75) is 6.42 Å². The van der Waals surface area contributed by atoms with Crippen molar-refractivity contribution in [1.29, 1.82) is 0 Å². The van der Waals surface area contributed by atoms with Crippen LogP contribution in [0.3, 0.4) is 0 Å². The monoisotopic (exact) mass is 186 g/mol. The fraction of sp³-hybridized carbons (Fsp3) is 0.429. The van der Waals surface area contributed by atoms with Crippen molar-refractivity contribution in [1.82, 2.24) is 0 Å². The third kappa shape index (κ3) is 6.03. The lowest BCUT2D eigenvalue weighted by Gasteiger charge is -2.13. The number of halogens is 1. The van der Waals surface area contributed by atoms with Gasteiger partial charge in [-0.25, -0.2) is 0 Å². The van der Waals surface area contributed by atoms with Gasteiger partial charge < -0.3 is 0 Å². The molecule has 0 saturated heterocycles. The van der Waals surface area contributed by atoms with Crippen LogP contribution in [0.15, 0.2) is 0 Å². The first kappa shape index (κ1) is 9.15. The first-order valence-electron chi connectivity index (χ1n) is 2.40. The Bertz CT molecular complexity index is 102. The zero-order valence-corrected chi connectivity index (χ0v) is 6.52. The van der Waals surface area contributed by atoms with Crippen LogP contribution in [0.25, 0.3) is 0 Å². The first-order valence-corrected chi connectivity index (χ1v) is 3.52. The van der Waals surface area contributed by atoms with Gasteiger partial charge in [-0.15, -0.1) is 0 Å². The molecular weight excluding hydrogens is 180 g/mol. The molecule has 0 heterocycles. The van der Waals surface area contributed by atoms with Crippen LogP contribution in [-0.2, 0) is 4.79 Å². The average Bonchev–Trinajstić information content (AvgIpc) is 1.62. The maximum absolute atomic E-state index is 10.5. The molecule has 0 aromatic rings. The molecule has 0 spiro atoms. The summed E-state index contributed by atoms with van der Waals surface area (Å²) in [4.78, 5) is 10.5. The minimum absolute atomic E-state index is 0.00174. The highest BCUT2D eigenvalue weighted by molar-refractivity contribution is 9.09. The number of Topliss-reactive ketones (excluding diaryl/α,β-unsaturated/α-hetero) is 1. The van der Waals surface area contributed by atoms with E-state index >= 15 is 0 Å². The second-order valence-electron chi connectivity index (χ2n) is 1.96. The van der Waals surface area contributed by atoms with Gasteiger partial charge >= 0.3 is 0 Å². The van der Waals surface area contributed by atoms with Gasteiger partial charge in [0.2, 0.25) is 0 Å². The first-order chi connectivity index (χ1) is 3.95. The largest absolute Gasteiger partial charge is 0.299 e. The standard InChI is InChI=1S/C7H7BrO/c1-7(2,3)4-6(9)5-8/h1-3H,4-5H2. The van der Waals surface area contributed by atoms with Crippen molar-refractivity contribution < 1.29 is 4.79 Å². The highest BCUT2D eigenvalue weighted by Crippen LogP contribution is 2.16. The summed E-state index contributed by atoms with van der Waals surface area (Å²) in [6.07, 6.45) is -0.00174. The molecule has 0 aliphatic rings. The highest BCUT2D eigenvalue weighted by Gasteiger charge is 2.15. The molecule has 6 radical (unpaired) electrons. The molecule has 2 heteroatoms. The van der Waals surface area contributed by atoms with Crippen molar-refractivity contribution in [3.63, 3.8) is 0 Å². The predicted molar refractivity (Wildman–Crippen MR) is 38.8 cm³/mol. The van der Waals surface area contributed by atoms with Crippen LogP contribution in [0.5, 0.6) is 0 Å². The summed E-state index contributed by atoms with van der Waals surface area (Å²) in [7, 11) is 0. The van der Waals surface area contributed by atoms with Crippen LogP contribution >= 0.6 is 15.9 Å². The van der Waals surface area contributed by atoms with Gasteiger partial charge in [-0.1, -0.05) is 15.9 Å². The number of ketones is 1. The smallest absolute Gasteiger partial charge is 0.143 e. The van der Waals surface area contributed by atoms with Crippen LogP contribution in [0.2, 0.25) is 0 Å². The minimum Gasteiger partial charge on any atom is -0.299 e. The fourth-order valence-corrected chi connectivity index (χ4v) is 0.587. The average molecular weight is 187 g/mol. The fourth-order valence-electron chi connectivity index (χ4n) is 0.389. The van der Waals surface area contributed by atoms with E-state index in [2.05, 4.69) is 15.9 Å². The van der Waals surface area contributed by atoms with Gasteiger partial charge in [0.05, 0.1) is 5.33 Å². The van der Waals surface area contributed by atoms with E-state index < -0.39 is 5.41 Å². The number of hydrogen-bond donors (Lipinski definition) is 0. The zero-order chi connectivity index (χ0) is 7.49. The maximum atomic E-state index is 10.5. The van der Waals surface area contributed by atoms with E-state index in [1.807, 2.05) is 0 Å². The summed E-state index contributed by atoms with van der Waals surface area (Å²) < 4.78 is 0. The molecule has 48 valence electrons. The normalized spacial score (nSPS) is 11.6. The molecule has 0 rings (SSSR count). The molecule has 0 aliphatic carbocycles. The van der Waals surface area contributed by atoms with Gasteiger partial charge in [0.1, 0.15) is 5.78 Å². The number of rotatable bonds is 3. The molecule has 0 fully saturated rings. The Morgan fingerprint density at radius 2 is 1.89 bits per heavy atom. The molecule has 0 N–H and O–H groups in total. The summed E-state index contributed by atoms with van der Waals surface area (Å²) in [5, 5.41) is 0.250. The molecule has 9 heavy (non-hydrogen) atoms. The number of hydrogen-bond acceptors (Lipinski definition) is 1. The maximum Gasteiger partial charge on any atom is 0.143 e. The van der Waals surface area contributed by atoms with Crippen LogP contribution in [0.4, 0.5) is 0 Å². The molecule has 0 aromatic carbocycles. The Labute approximate surface area is 65.0 Å². The van der Waals surface area contributed by atoms with Gasteiger partial charge in [0.25, 0.3) is 0 Å². The van der Waals surface area contributed by atoms with Gasteiger partial charge in [-0.2, -0.15) is 0 Å². The van der Waals surface area contributed by atoms with E-state index in [0.717, 1.165) is 0 Å². The third-order valence-electron chi connectivity index (χ3n) is 0.652. The lowest BCUT2D eigenvalue weighted by molar-refractivity contribution is -0.117. The van der Waals surface area contributed by atoms with Crippen LogP contribution < -0.4 is 0 Å². The predicted octanol–water partition coefficient (Wildman–Crippen LogP) is 1.46. The number of carbonyl (C=O) groups excluding carboxylic acids is 1. The Kier molecular flexibility index (Phi) is 3.41. The van der Waals surface area contributed by atoms with E-state index in [0.29, 0.717) is 0 Å². The Balaban J connectivity index is 3.60. The van der Waals surface area contributed by atoms with E-state index in [1.165, 1.54) is 0 Å². The number of carbonyl (C=O) groups is 1. The van der Waals surface area contributed by atoms with Gasteiger partial charge in [-0.3, -0.25) is 4.79 Å². The van der Waals surface area contributed by atoms with Crippen molar-refractivity contribution >= 4 is 21.7 Å². The summed E-state index contributed by atoms with van der Waals surface area (Å²) in [6.45, 7) is 15.4. The summed E-state index contributed by atoms with van der Waals surface area (Å²) in [5.74, 6) is -0.0949. The Morgan fingerprint density at radius 3 is 2.00 bits per heavy atom. The molecule has 1 nitrogen and oxygen atoms in total. The van der Waals surface area contributed by atoms with Crippen molar-refractivity contribution in [3.05, 3.63) is 20.8 Å². The van der Waals surface area contributed by atoms with Crippen LogP contribution in [0, 0.1) is 26.2 Å². The summed E-state index contributed by atoms with van der Waals surface area (Å²) >= 11 is 2.95. The SMILES string of the molecule is [CH]C([CH])([CH])CC(=O)CBr. The van der Waals surface area contributed by atoms with Crippen molar-refractivity contribution in [2.24, 2.45) is 5.41 Å². The Morgan fingerprint density at radius 1 is 1.44 bits per heavy atom. The minimum atomic E-state index is -1.36. The topological polar surface area (TPSA) is 17.1 Å². The lowest BCUT2D eigenvalue weighted by atomic mass is 9.90. The second-order valence-corrected chi connectivity index (χ2v) is 2.52. The van der Waals surface area contributed by atoms with E-state index in [9.17, 15) is 4.79 Å². The van der Waals surface area contributed by atoms with E-state index in [-0.39, 0.29) is 17.5 Å². The van der Waals surface area contributed by atoms with Crippen molar-refractivity contribution in [3.8, 4) is 0 Å². The van der Waals surface area contributed by atoms with E-state index in [4.69, 9.17) is 20.8 Å². The van der Waals surface area contributed by atoms with E-state index in [1.54, 1.807) is 0 Å². The molecule has 0 aliphatic heterocycles. The molecule has 0 unspecified atom stereocenters. The summed E-state index contributed by atoms with van der Waals surface area (Å²) in [6, 6.07) is 0. The molecule has 0 aromatic heterocycles. The lowest BCUT2D eigenvalue weighted by Crippen LogP contribution is -2.14. The second kappa shape index (κ2) is 3.35. The van der Waals surface area contributed by atoms with Gasteiger partial charge in [0.15, 0.2) is 0 Å². The van der Waals surface area contributed by atoms with Crippen LogP contribution in [0.1, 0.15) is 6.42 Å². The molecular formula is C7H7BrO. The third-order valence-corrected chi connectivity index (χ3v) is 1.28. The molecule has 0 bridgehead atoms. The number of alkyl halides is 1. The highest BCUT2D eigenvalue weighted by atomic mass is 79.9. The van der Waals surface area contributed by atoms with Crippen molar-refractivity contribution in [2.75, 3.05) is 5.33 Å². The van der Waals surface area contributed by atoms with Gasteiger partial charge in [0, 0.05) is 6.42 Å². The molecule has 0 amide bonds. The molecule has 0 saturated carbocycles. The Hall–Kier alpha value is 0.150. The quantitative estimate of drug-likeness (QED) is 0.611. The summed E-state index contributed by atoms with van der Waals surface area (Å²) in [5.41, 5.74) is -1.36. The van der Waals surface area contributed by atoms with Gasteiger partial charge in [-0.05, 0) is 26.2 Å². The van der Waals surface area contributed by atoms with Crippen LogP contribution in [-0.4, -0.2) is 11.1 Å². The zero-order valence-electron chi connectivity index (χ0n) is 4.93. The molecule has 0 atom stereocenters.